The molecule has 1 aliphatic carbocycles. The lowest BCUT2D eigenvalue weighted by atomic mass is 9.93. The van der Waals surface area contributed by atoms with E-state index in [0.29, 0.717) is 41.0 Å². The van der Waals surface area contributed by atoms with E-state index in [9.17, 15) is 10.1 Å². The summed E-state index contributed by atoms with van der Waals surface area (Å²) in [6, 6.07) is 5.93. The van der Waals surface area contributed by atoms with E-state index in [1.54, 1.807) is 30.7 Å². The van der Waals surface area contributed by atoms with Crippen LogP contribution in [0.3, 0.4) is 0 Å². The van der Waals surface area contributed by atoms with Gasteiger partial charge in [0.15, 0.2) is 0 Å². The van der Waals surface area contributed by atoms with Gasteiger partial charge in [0, 0.05) is 30.2 Å². The van der Waals surface area contributed by atoms with Gasteiger partial charge in [-0.05, 0) is 43.4 Å². The van der Waals surface area contributed by atoms with Gasteiger partial charge in [-0.3, -0.25) is 10.4 Å². The van der Waals surface area contributed by atoms with Crippen LogP contribution in [0.2, 0.25) is 5.02 Å². The predicted octanol–water partition coefficient (Wildman–Crippen LogP) is 4.22. The molecule has 0 unspecified atom stereocenters. The van der Waals surface area contributed by atoms with Gasteiger partial charge in [0.25, 0.3) is 0 Å². The third kappa shape index (κ3) is 6.19. The van der Waals surface area contributed by atoms with Crippen molar-refractivity contribution < 1.29 is 14.3 Å². The van der Waals surface area contributed by atoms with Crippen LogP contribution in [0.1, 0.15) is 31.2 Å². The molecule has 0 aromatic carbocycles. The van der Waals surface area contributed by atoms with Crippen LogP contribution in [0.4, 0.5) is 16.6 Å². The van der Waals surface area contributed by atoms with E-state index >= 15 is 0 Å². The largest absolute Gasteiger partial charge is 0.467 e. The normalized spacial score (nSPS) is 16.6. The zero-order valence-electron chi connectivity index (χ0n) is 20.8. The summed E-state index contributed by atoms with van der Waals surface area (Å²) in [5.41, 5.74) is 2.67. The number of hydrogen-bond donors (Lipinski definition) is 3. The molecule has 0 spiro atoms. The number of nitrogens with one attached hydrogen (secondary N) is 3. The molecule has 1 fully saturated rings. The highest BCUT2D eigenvalue weighted by atomic mass is 35.5. The summed E-state index contributed by atoms with van der Waals surface area (Å²) in [6.45, 7) is 0. The number of ether oxygens (including phenoxy) is 2. The van der Waals surface area contributed by atoms with Gasteiger partial charge >= 0.3 is 12.1 Å². The number of rotatable bonds is 7. The maximum Gasteiger partial charge on any atom is 0.413 e. The fourth-order valence-corrected chi connectivity index (χ4v) is 4.38. The highest BCUT2D eigenvalue weighted by molar-refractivity contribution is 6.32. The molecule has 4 aromatic heterocycles. The molecule has 39 heavy (non-hydrogen) atoms. The monoisotopic (exact) mass is 546 g/mol. The van der Waals surface area contributed by atoms with E-state index in [-0.39, 0.29) is 23.7 Å². The van der Waals surface area contributed by atoms with Crippen LogP contribution in [0, 0.1) is 11.3 Å². The van der Waals surface area contributed by atoms with Crippen molar-refractivity contribution in [1.29, 1.82) is 5.26 Å². The van der Waals surface area contributed by atoms with Crippen LogP contribution in [-0.2, 0) is 4.74 Å². The molecule has 5 rings (SSSR count). The molecular formula is C25H23ClN10O3. The molecule has 0 atom stereocenters. The molecule has 0 radical (unpaired) electrons. The summed E-state index contributed by atoms with van der Waals surface area (Å²) in [4.78, 5) is 33.7. The predicted molar refractivity (Wildman–Crippen MR) is 141 cm³/mol. The molecule has 4 heterocycles. The Labute approximate surface area is 228 Å². The zero-order valence-corrected chi connectivity index (χ0v) is 21.5. The second-order valence-corrected chi connectivity index (χ2v) is 9.10. The number of carbonyl (C=O) groups is 1. The fraction of sp³-hybridized carbons (Fsp3) is 0.280. The minimum Gasteiger partial charge on any atom is -0.467 e. The van der Waals surface area contributed by atoms with Gasteiger partial charge in [0.2, 0.25) is 5.95 Å². The molecule has 0 bridgehead atoms. The maximum atomic E-state index is 12.5. The van der Waals surface area contributed by atoms with E-state index in [2.05, 4.69) is 51.8 Å². The number of hydrogen-bond acceptors (Lipinski definition) is 11. The van der Waals surface area contributed by atoms with Crippen molar-refractivity contribution >= 4 is 29.5 Å². The number of pyridine rings is 1. The molecule has 13 nitrogen and oxygen atoms in total. The van der Waals surface area contributed by atoms with Crippen molar-refractivity contribution in [3.8, 4) is 34.6 Å². The first kappa shape index (κ1) is 25.8. The van der Waals surface area contributed by atoms with Gasteiger partial charge in [-0.15, -0.1) is 0 Å². The highest BCUT2D eigenvalue weighted by Crippen LogP contribution is 2.28. The molecule has 14 heteroatoms. The van der Waals surface area contributed by atoms with Crippen molar-refractivity contribution in [2.75, 3.05) is 17.7 Å². The molecule has 198 valence electrons. The van der Waals surface area contributed by atoms with Crippen molar-refractivity contribution in [2.24, 2.45) is 0 Å². The van der Waals surface area contributed by atoms with Crippen molar-refractivity contribution in [2.45, 2.75) is 37.8 Å². The van der Waals surface area contributed by atoms with E-state index in [0.717, 1.165) is 24.0 Å². The second kappa shape index (κ2) is 11.7. The van der Waals surface area contributed by atoms with Gasteiger partial charge in [0.1, 0.15) is 29.4 Å². The smallest absolute Gasteiger partial charge is 0.413 e. The Morgan fingerprint density at radius 3 is 2.59 bits per heavy atom. The summed E-state index contributed by atoms with van der Waals surface area (Å²) in [5, 5.41) is 22.4. The first-order valence-electron chi connectivity index (χ1n) is 12.1. The van der Waals surface area contributed by atoms with Gasteiger partial charge in [-0.2, -0.15) is 10.4 Å². The number of aromatic nitrogens is 7. The molecule has 3 N–H and O–H groups in total. The van der Waals surface area contributed by atoms with Crippen LogP contribution >= 0.6 is 11.6 Å². The zero-order chi connectivity index (χ0) is 27.2. The van der Waals surface area contributed by atoms with Gasteiger partial charge < -0.3 is 14.8 Å². The number of methoxy groups -OCH3 is 1. The van der Waals surface area contributed by atoms with E-state index in [1.807, 2.05) is 0 Å². The van der Waals surface area contributed by atoms with Gasteiger partial charge in [-0.1, -0.05) is 11.6 Å². The average Bonchev–Trinajstić information content (AvgIpc) is 3.39. The summed E-state index contributed by atoms with van der Waals surface area (Å²) >= 11 is 6.16. The number of nitrogens with zero attached hydrogens (tertiary/aromatic N) is 7. The first-order valence-corrected chi connectivity index (χ1v) is 12.4. The summed E-state index contributed by atoms with van der Waals surface area (Å²) < 4.78 is 10.6. The van der Waals surface area contributed by atoms with E-state index in [1.165, 1.54) is 19.5 Å². The van der Waals surface area contributed by atoms with Crippen molar-refractivity contribution in [1.82, 2.24) is 35.1 Å². The summed E-state index contributed by atoms with van der Waals surface area (Å²) in [5.74, 6) is 0.736. The molecule has 1 aliphatic rings. The van der Waals surface area contributed by atoms with Gasteiger partial charge in [0.05, 0.1) is 30.1 Å². The Bertz CT molecular complexity index is 1500. The Balaban J connectivity index is 1.14. The second-order valence-electron chi connectivity index (χ2n) is 8.70. The first-order chi connectivity index (χ1) is 19.0. The third-order valence-electron chi connectivity index (χ3n) is 6.15. The van der Waals surface area contributed by atoms with E-state index in [4.69, 9.17) is 21.1 Å². The number of anilines is 2. The lowest BCUT2D eigenvalue weighted by Gasteiger charge is -2.28. The van der Waals surface area contributed by atoms with Crippen molar-refractivity contribution in [3.63, 3.8) is 0 Å². The molecule has 1 saturated carbocycles. The average molecular weight is 547 g/mol. The van der Waals surface area contributed by atoms with E-state index < -0.39 is 6.09 Å². The topological polar surface area (TPSA) is 177 Å². The maximum absolute atomic E-state index is 12.5. The van der Waals surface area contributed by atoms with Gasteiger partial charge in [-0.25, -0.2) is 29.7 Å². The van der Waals surface area contributed by atoms with Crippen LogP contribution in [0.25, 0.3) is 22.5 Å². The number of H-pyrrole nitrogens is 1. The Morgan fingerprint density at radius 1 is 1.10 bits per heavy atom. The van der Waals surface area contributed by atoms with Crippen LogP contribution in [0.5, 0.6) is 6.01 Å². The minimum absolute atomic E-state index is 0.0796. The molecular weight excluding hydrogens is 524 g/mol. The summed E-state index contributed by atoms with van der Waals surface area (Å²) in [6.07, 6.45) is 9.76. The van der Waals surface area contributed by atoms with Crippen LogP contribution < -0.4 is 15.4 Å². The number of halogens is 1. The minimum atomic E-state index is -0.571. The lowest BCUT2D eigenvalue weighted by Crippen LogP contribution is -2.32. The Kier molecular flexibility index (Phi) is 7.74. The Morgan fingerprint density at radius 2 is 1.90 bits per heavy atom. The number of amides is 1. The summed E-state index contributed by atoms with van der Waals surface area (Å²) in [7, 11) is 1.50. The van der Waals surface area contributed by atoms with Crippen LogP contribution in [-0.4, -0.2) is 60.5 Å². The number of aromatic amines is 1. The third-order valence-corrected chi connectivity index (χ3v) is 6.44. The van der Waals surface area contributed by atoms with Crippen molar-refractivity contribution in [3.05, 3.63) is 53.7 Å². The lowest BCUT2D eigenvalue weighted by molar-refractivity contribution is 0.0840. The molecule has 0 saturated heterocycles. The highest BCUT2D eigenvalue weighted by Gasteiger charge is 2.25. The fourth-order valence-electron chi connectivity index (χ4n) is 4.20. The molecule has 1 amide bonds. The quantitative estimate of drug-likeness (QED) is 0.302. The SMILES string of the molecule is COc1ncc(-c2ccnc(NC(=O)OC3CCC(Nc4ncc(C#N)c(-c5[nH]ncc5Cl)n4)CC3)c2)cn1. The number of carbonyl (C=O) groups excluding carboxylic acids is 1. The molecule has 4 aromatic rings. The van der Waals surface area contributed by atoms with Crippen LogP contribution in [0.15, 0.2) is 43.1 Å². The molecule has 0 aliphatic heterocycles. The Hall–Kier alpha value is -4.83. The number of nitriles is 1. The standard InChI is InChI=1S/C25H23ClN10O3/c1-38-24-30-11-16(12-31-24)14-6-7-28-20(8-14)34-25(37)39-18-4-2-17(3-5-18)33-23-29-10-15(9-27)21(35-23)22-19(26)13-32-36-22/h6-8,10-13,17-18H,2-5H2,1H3,(H,32,36)(H,28,34,37)(H,29,33,35).